The molecular weight excluding hydrogens is 350 g/mol. The molecule has 2 aromatic rings. The number of hydrogen-bond donors (Lipinski definition) is 2. The van der Waals surface area contributed by atoms with Crippen LogP contribution in [0.2, 0.25) is 0 Å². The van der Waals surface area contributed by atoms with Gasteiger partial charge in [-0.2, -0.15) is 10.5 Å². The van der Waals surface area contributed by atoms with Crippen LogP contribution in [0.1, 0.15) is 11.1 Å². The zero-order valence-corrected chi connectivity index (χ0v) is 14.5. The number of benzene rings is 1. The molecule has 0 aliphatic heterocycles. The molecule has 0 bridgehead atoms. The second kappa shape index (κ2) is 8.56. The highest BCUT2D eigenvalue weighted by Crippen LogP contribution is 2.36. The van der Waals surface area contributed by atoms with Crippen molar-refractivity contribution in [1.29, 1.82) is 10.5 Å². The number of carbonyl (C=O) groups excluding carboxylic acids is 1. The molecule has 0 saturated carbocycles. The summed E-state index contributed by atoms with van der Waals surface area (Å²) in [6.45, 7) is 3.95. The minimum Gasteiger partial charge on any atom is -0.490 e. The van der Waals surface area contributed by atoms with Crippen molar-refractivity contribution in [3.8, 4) is 29.0 Å². The number of carbonyl (C=O) groups is 1. The Kier molecular flexibility index (Phi) is 6.20. The van der Waals surface area contributed by atoms with E-state index in [0.29, 0.717) is 23.5 Å². The summed E-state index contributed by atoms with van der Waals surface area (Å²) in [5.41, 5.74) is 12.3. The topological polar surface area (TPSA) is 139 Å². The molecule has 0 saturated heterocycles. The summed E-state index contributed by atoms with van der Waals surface area (Å²) in [5, 5.41) is 19.3. The third-order valence-electron chi connectivity index (χ3n) is 3.28. The molecule has 8 heteroatoms. The van der Waals surface area contributed by atoms with Gasteiger partial charge in [-0.05, 0) is 17.7 Å². The lowest BCUT2D eigenvalue weighted by molar-refractivity contribution is -0.115. The second-order valence-electron chi connectivity index (χ2n) is 5.03. The fourth-order valence-electron chi connectivity index (χ4n) is 2.20. The number of primary amides is 1. The van der Waals surface area contributed by atoms with E-state index in [1.165, 1.54) is 0 Å². The summed E-state index contributed by atoms with van der Waals surface area (Å²) >= 11 is 1.00. The van der Waals surface area contributed by atoms with Gasteiger partial charge in [0, 0.05) is 5.56 Å². The summed E-state index contributed by atoms with van der Waals surface area (Å²) < 4.78 is 5.43. The number of rotatable bonds is 7. The third-order valence-corrected chi connectivity index (χ3v) is 4.28. The molecule has 1 aromatic carbocycles. The van der Waals surface area contributed by atoms with Gasteiger partial charge in [-0.3, -0.25) is 4.79 Å². The van der Waals surface area contributed by atoms with Gasteiger partial charge in [0.25, 0.3) is 0 Å². The highest BCUT2D eigenvalue weighted by atomic mass is 32.2. The monoisotopic (exact) mass is 365 g/mol. The van der Waals surface area contributed by atoms with Crippen molar-refractivity contribution in [2.24, 2.45) is 5.73 Å². The Morgan fingerprint density at radius 3 is 2.46 bits per heavy atom. The van der Waals surface area contributed by atoms with Gasteiger partial charge in [-0.15, -0.1) is 0 Å². The Labute approximate surface area is 154 Å². The van der Waals surface area contributed by atoms with Gasteiger partial charge in [0.2, 0.25) is 5.91 Å². The lowest BCUT2D eigenvalue weighted by Crippen LogP contribution is -2.14. The van der Waals surface area contributed by atoms with Crippen molar-refractivity contribution in [2.75, 3.05) is 18.1 Å². The Bertz CT molecular complexity index is 927. The summed E-state index contributed by atoms with van der Waals surface area (Å²) in [5.74, 6) is 0.00575. The number of hydrogen-bond acceptors (Lipinski definition) is 7. The molecule has 1 amide bonds. The van der Waals surface area contributed by atoms with Crippen molar-refractivity contribution in [1.82, 2.24) is 4.98 Å². The molecule has 0 fully saturated rings. The molecule has 0 unspecified atom stereocenters. The summed E-state index contributed by atoms with van der Waals surface area (Å²) in [4.78, 5) is 15.1. The molecule has 0 aliphatic carbocycles. The Morgan fingerprint density at radius 2 is 1.92 bits per heavy atom. The molecule has 4 N–H and O–H groups in total. The van der Waals surface area contributed by atoms with Crippen LogP contribution in [0.5, 0.6) is 5.75 Å². The number of nitrogen functional groups attached to an aromatic ring is 1. The van der Waals surface area contributed by atoms with Crippen molar-refractivity contribution in [3.05, 3.63) is 48.0 Å². The first-order chi connectivity index (χ1) is 12.5. The van der Waals surface area contributed by atoms with Gasteiger partial charge in [0.1, 0.15) is 40.9 Å². The number of aromatic nitrogens is 1. The Balaban J connectivity index is 2.58. The number of nitrogens with zero attached hydrogens (tertiary/aromatic N) is 3. The summed E-state index contributed by atoms with van der Waals surface area (Å²) in [7, 11) is 0. The average Bonchev–Trinajstić information content (AvgIpc) is 2.64. The van der Waals surface area contributed by atoms with Gasteiger partial charge in [0.15, 0.2) is 0 Å². The van der Waals surface area contributed by atoms with Crippen molar-refractivity contribution >= 4 is 23.5 Å². The number of nitrogens with two attached hydrogens (primary N) is 2. The first-order valence-electron chi connectivity index (χ1n) is 7.40. The zero-order chi connectivity index (χ0) is 19.1. The summed E-state index contributed by atoms with van der Waals surface area (Å²) in [6.07, 6.45) is 1.63. The Hall–Kier alpha value is -3.49. The number of amides is 1. The van der Waals surface area contributed by atoms with Crippen LogP contribution in [0, 0.1) is 22.7 Å². The molecule has 130 valence electrons. The lowest BCUT2D eigenvalue weighted by Gasteiger charge is -2.13. The molecule has 0 aliphatic rings. The predicted octanol–water partition coefficient (Wildman–Crippen LogP) is 2.22. The van der Waals surface area contributed by atoms with Crippen molar-refractivity contribution < 1.29 is 9.53 Å². The van der Waals surface area contributed by atoms with Gasteiger partial charge in [-0.1, -0.05) is 36.5 Å². The van der Waals surface area contributed by atoms with E-state index in [1.54, 1.807) is 30.3 Å². The lowest BCUT2D eigenvalue weighted by atomic mass is 9.97. The standard InChI is InChI=1S/C18H15N5O2S/c1-2-7-25-12-5-3-11(4-6-12)16-13(8-19)17(22)23-18(14(16)9-20)26-10-15(21)24/h2-6H,1,7,10H2,(H2,21,24)(H2,22,23). The van der Waals surface area contributed by atoms with Gasteiger partial charge < -0.3 is 16.2 Å². The average molecular weight is 365 g/mol. The van der Waals surface area contributed by atoms with Crippen LogP contribution in [0.25, 0.3) is 11.1 Å². The number of ether oxygens (including phenoxy) is 1. The fraction of sp³-hybridized carbons (Fsp3) is 0.111. The van der Waals surface area contributed by atoms with Gasteiger partial charge >= 0.3 is 0 Å². The SMILES string of the molecule is C=CCOc1ccc(-c2c(C#N)c(N)nc(SCC(N)=O)c2C#N)cc1. The number of anilines is 1. The summed E-state index contributed by atoms with van der Waals surface area (Å²) in [6, 6.07) is 10.9. The van der Waals surface area contributed by atoms with Gasteiger partial charge in [0.05, 0.1) is 11.3 Å². The van der Waals surface area contributed by atoms with Crippen LogP contribution in [-0.2, 0) is 4.79 Å². The van der Waals surface area contributed by atoms with E-state index < -0.39 is 5.91 Å². The molecule has 0 radical (unpaired) electrons. The van der Waals surface area contributed by atoms with Crippen LogP contribution in [0.15, 0.2) is 41.9 Å². The van der Waals surface area contributed by atoms with E-state index in [0.717, 1.165) is 11.8 Å². The maximum Gasteiger partial charge on any atom is 0.227 e. The highest BCUT2D eigenvalue weighted by molar-refractivity contribution is 8.00. The molecule has 26 heavy (non-hydrogen) atoms. The minimum absolute atomic E-state index is 0.0135. The van der Waals surface area contributed by atoms with Crippen LogP contribution in [0.4, 0.5) is 5.82 Å². The van der Waals surface area contributed by atoms with Crippen LogP contribution in [0.3, 0.4) is 0 Å². The number of nitriles is 2. The van der Waals surface area contributed by atoms with Crippen molar-refractivity contribution in [3.63, 3.8) is 0 Å². The van der Waals surface area contributed by atoms with Crippen molar-refractivity contribution in [2.45, 2.75) is 5.03 Å². The van der Waals surface area contributed by atoms with Gasteiger partial charge in [-0.25, -0.2) is 4.98 Å². The molecule has 7 nitrogen and oxygen atoms in total. The largest absolute Gasteiger partial charge is 0.490 e. The Morgan fingerprint density at radius 1 is 1.27 bits per heavy atom. The molecular formula is C18H15N5O2S. The maximum absolute atomic E-state index is 11.0. The smallest absolute Gasteiger partial charge is 0.227 e. The maximum atomic E-state index is 11.0. The fourth-order valence-corrected chi connectivity index (χ4v) is 2.94. The first-order valence-corrected chi connectivity index (χ1v) is 8.39. The number of thioether (sulfide) groups is 1. The highest BCUT2D eigenvalue weighted by Gasteiger charge is 2.20. The third kappa shape index (κ3) is 4.12. The minimum atomic E-state index is -0.547. The zero-order valence-electron chi connectivity index (χ0n) is 13.7. The van der Waals surface area contributed by atoms with Crippen LogP contribution < -0.4 is 16.2 Å². The van der Waals surface area contributed by atoms with Crippen LogP contribution >= 0.6 is 11.8 Å². The van der Waals surface area contributed by atoms with E-state index in [-0.39, 0.29) is 27.7 Å². The molecule has 0 atom stereocenters. The quantitative estimate of drug-likeness (QED) is 0.566. The predicted molar refractivity (Wildman–Crippen MR) is 99.1 cm³/mol. The first kappa shape index (κ1) is 18.8. The molecule has 2 rings (SSSR count). The van der Waals surface area contributed by atoms with E-state index in [1.807, 2.05) is 6.07 Å². The van der Waals surface area contributed by atoms with E-state index in [4.69, 9.17) is 16.2 Å². The molecule has 1 aromatic heterocycles. The van der Waals surface area contributed by atoms with E-state index in [9.17, 15) is 15.3 Å². The molecule has 1 heterocycles. The second-order valence-corrected chi connectivity index (χ2v) is 5.99. The van der Waals surface area contributed by atoms with Crippen LogP contribution in [-0.4, -0.2) is 23.3 Å². The van der Waals surface area contributed by atoms with E-state index >= 15 is 0 Å². The normalized spacial score (nSPS) is 9.77. The number of pyridine rings is 1. The molecule has 0 spiro atoms. The van der Waals surface area contributed by atoms with E-state index in [2.05, 4.69) is 17.6 Å².